The lowest BCUT2D eigenvalue weighted by Crippen LogP contribution is -2.27. The van der Waals surface area contributed by atoms with E-state index in [-0.39, 0.29) is 5.91 Å². The van der Waals surface area contributed by atoms with Crippen molar-refractivity contribution in [2.24, 2.45) is 0 Å². The molecule has 3 aromatic rings. The molecule has 5 nitrogen and oxygen atoms in total. The van der Waals surface area contributed by atoms with Crippen molar-refractivity contribution >= 4 is 56.2 Å². The number of nitrogens with zero attached hydrogens (tertiary/aromatic N) is 1. The molecule has 0 unspecified atom stereocenters. The number of methoxy groups -OCH3 is 1. The van der Waals surface area contributed by atoms with E-state index >= 15 is 0 Å². The Labute approximate surface area is 216 Å². The third-order valence-corrected chi connectivity index (χ3v) is 6.87. The van der Waals surface area contributed by atoms with Crippen LogP contribution in [0.15, 0.2) is 82.2 Å². The highest BCUT2D eigenvalue weighted by Crippen LogP contribution is 2.35. The molecule has 1 amide bonds. The maximum atomic E-state index is 12.9. The summed E-state index contributed by atoms with van der Waals surface area (Å²) in [4.78, 5) is 15.1. The lowest BCUT2D eigenvalue weighted by molar-refractivity contribution is -0.122. The fourth-order valence-corrected chi connectivity index (χ4v) is 4.81. The number of amides is 1. The zero-order valence-electron chi connectivity index (χ0n) is 18.4. The molecule has 174 valence electrons. The Morgan fingerprint density at radius 1 is 0.971 bits per heavy atom. The number of halogens is 1. The fourth-order valence-electron chi connectivity index (χ4n) is 3.29. The van der Waals surface area contributed by atoms with Crippen molar-refractivity contribution in [2.75, 3.05) is 20.3 Å². The van der Waals surface area contributed by atoms with Crippen molar-refractivity contribution < 1.29 is 19.0 Å². The molecule has 0 atom stereocenters. The van der Waals surface area contributed by atoms with Crippen LogP contribution in [-0.4, -0.2) is 35.5 Å². The van der Waals surface area contributed by atoms with Gasteiger partial charge in [-0.2, -0.15) is 0 Å². The summed E-state index contributed by atoms with van der Waals surface area (Å²) in [7, 11) is 1.59. The molecule has 1 aliphatic heterocycles. The molecule has 0 aliphatic carbocycles. The van der Waals surface area contributed by atoms with E-state index in [1.165, 1.54) is 11.8 Å². The molecule has 4 rings (SSSR count). The molecule has 0 aromatic heterocycles. The molecular formula is C26H22BrNO4S2. The van der Waals surface area contributed by atoms with Gasteiger partial charge in [-0.3, -0.25) is 9.69 Å². The van der Waals surface area contributed by atoms with Crippen LogP contribution in [0.25, 0.3) is 6.08 Å². The van der Waals surface area contributed by atoms with Gasteiger partial charge in [-0.1, -0.05) is 76.3 Å². The van der Waals surface area contributed by atoms with Crippen LogP contribution < -0.4 is 14.2 Å². The SMILES string of the molecule is COc1cc(C=C2SC(=S)N(Cc3ccccc3)C2=O)ccc1OCCOc1ccc(Br)cc1. The molecule has 1 saturated heterocycles. The number of carbonyl (C=O) groups is 1. The Balaban J connectivity index is 1.38. The first-order valence-corrected chi connectivity index (χ1v) is 12.5. The van der Waals surface area contributed by atoms with Crippen LogP contribution in [0.4, 0.5) is 0 Å². The van der Waals surface area contributed by atoms with Gasteiger partial charge < -0.3 is 14.2 Å². The molecule has 0 saturated carbocycles. The van der Waals surface area contributed by atoms with Crippen LogP contribution in [0.1, 0.15) is 11.1 Å². The summed E-state index contributed by atoms with van der Waals surface area (Å²) in [6.07, 6.45) is 1.83. The third kappa shape index (κ3) is 6.20. The molecule has 0 N–H and O–H groups in total. The lowest BCUT2D eigenvalue weighted by Gasteiger charge is -2.14. The maximum Gasteiger partial charge on any atom is 0.266 e. The zero-order chi connectivity index (χ0) is 23.9. The fraction of sp³-hybridized carbons (Fsp3) is 0.154. The van der Waals surface area contributed by atoms with Crippen molar-refractivity contribution in [1.29, 1.82) is 0 Å². The van der Waals surface area contributed by atoms with Crippen LogP contribution >= 0.6 is 39.9 Å². The van der Waals surface area contributed by atoms with Crippen LogP contribution in [0.5, 0.6) is 17.2 Å². The first kappa shape index (κ1) is 24.3. The highest BCUT2D eigenvalue weighted by Gasteiger charge is 2.32. The Morgan fingerprint density at radius 3 is 2.44 bits per heavy atom. The standard InChI is InChI=1S/C26H22BrNO4S2/c1-30-23-15-19(7-12-22(23)32-14-13-31-21-10-8-20(27)9-11-21)16-24-25(29)28(26(33)34-24)17-18-5-3-2-4-6-18/h2-12,15-16H,13-14,17H2,1H3. The van der Waals surface area contributed by atoms with Crippen molar-refractivity contribution in [1.82, 2.24) is 4.90 Å². The van der Waals surface area contributed by atoms with E-state index < -0.39 is 0 Å². The highest BCUT2D eigenvalue weighted by molar-refractivity contribution is 9.10. The minimum Gasteiger partial charge on any atom is -0.493 e. The largest absolute Gasteiger partial charge is 0.493 e. The van der Waals surface area contributed by atoms with Crippen LogP contribution in [0.3, 0.4) is 0 Å². The van der Waals surface area contributed by atoms with Crippen molar-refractivity contribution in [3.63, 3.8) is 0 Å². The summed E-state index contributed by atoms with van der Waals surface area (Å²) in [6, 6.07) is 23.0. The number of thiocarbonyl (C=S) groups is 1. The Bertz CT molecular complexity index is 1200. The Hall–Kier alpha value is -2.81. The minimum absolute atomic E-state index is 0.0942. The molecule has 1 heterocycles. The first-order chi connectivity index (χ1) is 16.5. The third-order valence-electron chi connectivity index (χ3n) is 4.97. The summed E-state index contributed by atoms with van der Waals surface area (Å²) in [5.41, 5.74) is 1.86. The molecule has 0 radical (unpaired) electrons. The summed E-state index contributed by atoms with van der Waals surface area (Å²) in [6.45, 7) is 1.22. The van der Waals surface area contributed by atoms with E-state index in [2.05, 4.69) is 15.9 Å². The van der Waals surface area contributed by atoms with Crippen LogP contribution in [0, 0.1) is 0 Å². The average Bonchev–Trinajstić information content (AvgIpc) is 3.11. The molecule has 0 spiro atoms. The number of ether oxygens (including phenoxy) is 3. The van der Waals surface area contributed by atoms with Gasteiger partial charge in [-0.05, 0) is 53.6 Å². The van der Waals surface area contributed by atoms with E-state index in [9.17, 15) is 4.79 Å². The van der Waals surface area contributed by atoms with Crippen LogP contribution in [-0.2, 0) is 11.3 Å². The Morgan fingerprint density at radius 2 is 1.71 bits per heavy atom. The monoisotopic (exact) mass is 555 g/mol. The maximum absolute atomic E-state index is 12.9. The summed E-state index contributed by atoms with van der Waals surface area (Å²) in [5.74, 6) is 1.87. The van der Waals surface area contributed by atoms with Gasteiger partial charge >= 0.3 is 0 Å². The van der Waals surface area contributed by atoms with Gasteiger partial charge in [-0.15, -0.1) is 0 Å². The minimum atomic E-state index is -0.0942. The smallest absolute Gasteiger partial charge is 0.266 e. The number of hydrogen-bond acceptors (Lipinski definition) is 6. The van der Waals surface area contributed by atoms with Gasteiger partial charge in [0.15, 0.2) is 11.5 Å². The van der Waals surface area contributed by atoms with Crippen molar-refractivity contribution in [3.8, 4) is 17.2 Å². The molecule has 3 aromatic carbocycles. The number of carbonyl (C=O) groups excluding carboxylic acids is 1. The number of thioether (sulfide) groups is 1. The van der Waals surface area contributed by atoms with E-state index in [0.29, 0.717) is 40.5 Å². The highest BCUT2D eigenvalue weighted by atomic mass is 79.9. The summed E-state index contributed by atoms with van der Waals surface area (Å²) in [5, 5.41) is 0. The molecule has 0 bridgehead atoms. The van der Waals surface area contributed by atoms with Gasteiger partial charge in [0.05, 0.1) is 18.6 Å². The molecule has 1 aliphatic rings. The van der Waals surface area contributed by atoms with E-state index in [0.717, 1.165) is 21.3 Å². The zero-order valence-corrected chi connectivity index (χ0v) is 21.6. The topological polar surface area (TPSA) is 48.0 Å². The van der Waals surface area contributed by atoms with Gasteiger partial charge in [0.2, 0.25) is 0 Å². The van der Waals surface area contributed by atoms with E-state index in [1.807, 2.05) is 78.9 Å². The van der Waals surface area contributed by atoms with Crippen molar-refractivity contribution in [3.05, 3.63) is 93.3 Å². The summed E-state index contributed by atoms with van der Waals surface area (Å²) >= 11 is 10.2. The van der Waals surface area contributed by atoms with Crippen molar-refractivity contribution in [2.45, 2.75) is 6.54 Å². The summed E-state index contributed by atoms with van der Waals surface area (Å²) < 4.78 is 18.6. The normalized spacial score (nSPS) is 14.5. The predicted octanol–water partition coefficient (Wildman–Crippen LogP) is 6.32. The van der Waals surface area contributed by atoms with Gasteiger partial charge in [-0.25, -0.2) is 0 Å². The molecule has 34 heavy (non-hydrogen) atoms. The Kier molecular flexibility index (Phi) is 8.26. The second-order valence-electron chi connectivity index (χ2n) is 7.31. The molecular weight excluding hydrogens is 534 g/mol. The second-order valence-corrected chi connectivity index (χ2v) is 9.91. The lowest BCUT2D eigenvalue weighted by atomic mass is 10.1. The van der Waals surface area contributed by atoms with Gasteiger partial charge in [0.25, 0.3) is 5.91 Å². The average molecular weight is 557 g/mol. The first-order valence-electron chi connectivity index (χ1n) is 10.5. The van der Waals surface area contributed by atoms with Gasteiger partial charge in [0, 0.05) is 4.47 Å². The van der Waals surface area contributed by atoms with E-state index in [1.54, 1.807) is 12.0 Å². The molecule has 1 fully saturated rings. The predicted molar refractivity (Wildman–Crippen MR) is 143 cm³/mol. The number of hydrogen-bond donors (Lipinski definition) is 0. The van der Waals surface area contributed by atoms with Gasteiger partial charge in [0.1, 0.15) is 23.3 Å². The van der Waals surface area contributed by atoms with Crippen LogP contribution in [0.2, 0.25) is 0 Å². The molecule has 8 heteroatoms. The van der Waals surface area contributed by atoms with E-state index in [4.69, 9.17) is 26.4 Å². The number of benzene rings is 3. The second kappa shape index (κ2) is 11.6. The number of rotatable bonds is 9. The quantitative estimate of drug-likeness (QED) is 0.175.